The lowest BCUT2D eigenvalue weighted by Gasteiger charge is -2.26. The highest BCUT2D eigenvalue weighted by Crippen LogP contribution is 2.42. The van der Waals surface area contributed by atoms with Crippen molar-refractivity contribution >= 4 is 11.9 Å². The molecule has 2 aliphatic rings. The number of rotatable bonds is 11. The van der Waals surface area contributed by atoms with Crippen molar-refractivity contribution in [2.45, 2.75) is 71.8 Å². The predicted octanol–water partition coefficient (Wildman–Crippen LogP) is 4.46. The largest absolute Gasteiger partial charge is 0.507 e. The van der Waals surface area contributed by atoms with Crippen LogP contribution in [0.1, 0.15) is 78.9 Å². The van der Waals surface area contributed by atoms with Crippen LogP contribution >= 0.6 is 0 Å². The summed E-state index contributed by atoms with van der Waals surface area (Å²) < 4.78 is 16.0. The summed E-state index contributed by atoms with van der Waals surface area (Å²) in [5.74, 6) is -0.202. The summed E-state index contributed by atoms with van der Waals surface area (Å²) in [6.07, 6.45) is 9.16. The fraction of sp³-hybridized carbons (Fsp3) is 0.615. The van der Waals surface area contributed by atoms with Gasteiger partial charge in [0.25, 0.3) is 0 Å². The van der Waals surface area contributed by atoms with E-state index in [9.17, 15) is 14.7 Å². The highest BCUT2D eigenvalue weighted by Gasteiger charge is 2.31. The molecule has 2 heterocycles. The molecule has 1 aromatic carbocycles. The normalized spacial score (nSPS) is 16.5. The molecule has 182 valence electrons. The SMILES string of the molecule is COc1c(C)c2c(c(O)c1C/C=C(\C)CCC(=O)OCCCCN1CCCCC1)C(=O)OC2. The van der Waals surface area contributed by atoms with Crippen LogP contribution in [-0.2, 0) is 27.3 Å². The van der Waals surface area contributed by atoms with E-state index in [0.29, 0.717) is 42.7 Å². The van der Waals surface area contributed by atoms with Crippen molar-refractivity contribution in [2.24, 2.45) is 0 Å². The number of phenols is 1. The number of fused-ring (bicyclic) bond motifs is 1. The Balaban J connectivity index is 1.44. The van der Waals surface area contributed by atoms with Gasteiger partial charge in [-0.05, 0) is 77.6 Å². The number of esters is 2. The number of nitrogens with zero attached hydrogens (tertiary/aromatic N) is 1. The first-order valence-electron chi connectivity index (χ1n) is 12.0. The Bertz CT molecular complexity index is 886. The van der Waals surface area contributed by atoms with Crippen LogP contribution in [0.25, 0.3) is 0 Å². The zero-order chi connectivity index (χ0) is 23.8. The topological polar surface area (TPSA) is 85.3 Å². The lowest BCUT2D eigenvalue weighted by Crippen LogP contribution is -2.30. The lowest BCUT2D eigenvalue weighted by molar-refractivity contribution is -0.143. The molecule has 1 fully saturated rings. The first kappa shape index (κ1) is 25.1. The number of cyclic esters (lactones) is 1. The van der Waals surface area contributed by atoms with Crippen LogP contribution in [0.15, 0.2) is 11.6 Å². The van der Waals surface area contributed by atoms with Crippen molar-refractivity contribution in [3.8, 4) is 11.5 Å². The van der Waals surface area contributed by atoms with Gasteiger partial charge in [-0.3, -0.25) is 4.79 Å². The Morgan fingerprint density at radius 1 is 1.18 bits per heavy atom. The number of likely N-dealkylation sites (tertiary alicyclic amines) is 1. The molecule has 0 unspecified atom stereocenters. The van der Waals surface area contributed by atoms with Gasteiger partial charge >= 0.3 is 11.9 Å². The van der Waals surface area contributed by atoms with E-state index in [1.54, 1.807) is 7.11 Å². The van der Waals surface area contributed by atoms with Crippen LogP contribution in [0.3, 0.4) is 0 Å². The fourth-order valence-electron chi connectivity index (χ4n) is 4.58. The zero-order valence-electron chi connectivity index (χ0n) is 20.2. The molecule has 7 heteroatoms. The minimum atomic E-state index is -0.506. The second kappa shape index (κ2) is 12.1. The van der Waals surface area contributed by atoms with E-state index in [0.717, 1.165) is 30.5 Å². The van der Waals surface area contributed by atoms with Gasteiger partial charge in [-0.25, -0.2) is 4.79 Å². The molecule has 0 aromatic heterocycles. The lowest BCUT2D eigenvalue weighted by atomic mass is 9.94. The summed E-state index contributed by atoms with van der Waals surface area (Å²) in [6, 6.07) is 0. The van der Waals surface area contributed by atoms with Gasteiger partial charge in [0, 0.05) is 17.5 Å². The van der Waals surface area contributed by atoms with Gasteiger partial charge in [-0.2, -0.15) is 0 Å². The van der Waals surface area contributed by atoms with Gasteiger partial charge in [-0.1, -0.05) is 18.1 Å². The maximum Gasteiger partial charge on any atom is 0.342 e. The van der Waals surface area contributed by atoms with E-state index in [1.807, 2.05) is 19.9 Å². The Morgan fingerprint density at radius 3 is 2.67 bits per heavy atom. The molecular formula is C26H37NO6. The number of aromatic hydroxyl groups is 1. The highest BCUT2D eigenvalue weighted by molar-refractivity contribution is 5.98. The molecule has 1 aromatic rings. The maximum atomic E-state index is 12.1. The Labute approximate surface area is 196 Å². The van der Waals surface area contributed by atoms with Crippen LogP contribution in [0.2, 0.25) is 0 Å². The second-order valence-electron chi connectivity index (χ2n) is 9.00. The highest BCUT2D eigenvalue weighted by atomic mass is 16.5. The number of hydrogen-bond donors (Lipinski definition) is 1. The third-order valence-electron chi connectivity index (χ3n) is 6.61. The summed E-state index contributed by atoms with van der Waals surface area (Å²) in [7, 11) is 1.55. The van der Waals surface area contributed by atoms with E-state index in [-0.39, 0.29) is 23.9 Å². The quantitative estimate of drug-likeness (QED) is 0.297. The number of carbonyl (C=O) groups excluding carboxylic acids is 2. The first-order valence-corrected chi connectivity index (χ1v) is 12.0. The molecule has 2 aliphatic heterocycles. The average Bonchev–Trinajstić information content (AvgIpc) is 3.21. The van der Waals surface area contributed by atoms with Crippen molar-refractivity contribution in [3.63, 3.8) is 0 Å². The van der Waals surface area contributed by atoms with Gasteiger partial charge in [0.1, 0.15) is 23.7 Å². The van der Waals surface area contributed by atoms with E-state index in [2.05, 4.69) is 4.90 Å². The summed E-state index contributed by atoms with van der Waals surface area (Å²) in [5.41, 5.74) is 3.29. The number of benzene rings is 1. The second-order valence-corrected chi connectivity index (χ2v) is 9.00. The van der Waals surface area contributed by atoms with Crippen LogP contribution < -0.4 is 4.74 Å². The van der Waals surface area contributed by atoms with E-state index < -0.39 is 5.97 Å². The fourth-order valence-corrected chi connectivity index (χ4v) is 4.58. The third-order valence-corrected chi connectivity index (χ3v) is 6.61. The smallest absolute Gasteiger partial charge is 0.342 e. The van der Waals surface area contributed by atoms with Gasteiger partial charge in [-0.15, -0.1) is 0 Å². The summed E-state index contributed by atoms with van der Waals surface area (Å²) in [5, 5.41) is 10.7. The molecule has 0 amide bonds. The average molecular weight is 460 g/mol. The molecule has 7 nitrogen and oxygen atoms in total. The summed E-state index contributed by atoms with van der Waals surface area (Å²) in [4.78, 5) is 26.6. The molecule has 3 rings (SSSR count). The molecule has 1 saturated heterocycles. The number of unbranched alkanes of at least 4 members (excludes halogenated alkanes) is 1. The molecule has 0 bridgehead atoms. The molecule has 1 N–H and O–H groups in total. The third kappa shape index (κ3) is 6.50. The van der Waals surface area contributed by atoms with Gasteiger partial charge in [0.05, 0.1) is 13.7 Å². The molecule has 0 spiro atoms. The monoisotopic (exact) mass is 459 g/mol. The molecule has 33 heavy (non-hydrogen) atoms. The predicted molar refractivity (Wildman–Crippen MR) is 126 cm³/mol. The maximum absolute atomic E-state index is 12.1. The van der Waals surface area contributed by atoms with E-state index in [1.165, 1.54) is 32.4 Å². The van der Waals surface area contributed by atoms with E-state index in [4.69, 9.17) is 14.2 Å². The summed E-state index contributed by atoms with van der Waals surface area (Å²) in [6.45, 7) is 7.93. The van der Waals surface area contributed by atoms with Crippen molar-refractivity contribution in [1.82, 2.24) is 4.90 Å². The number of phenolic OH excluding ortho intramolecular Hbond substituents is 1. The standard InChI is InChI=1S/C26H37NO6/c1-18(10-12-22(28)32-16-8-7-15-27-13-5-4-6-14-27)9-11-20-24(29)23-21(17-33-26(23)30)19(2)25(20)31-3/h9,29H,4-8,10-17H2,1-3H3/b18-9+. The number of hydrogen-bond acceptors (Lipinski definition) is 7. The number of piperidine rings is 1. The number of methoxy groups -OCH3 is 1. The van der Waals surface area contributed by atoms with Gasteiger partial charge < -0.3 is 24.2 Å². The first-order chi connectivity index (χ1) is 15.9. The number of allylic oxidation sites excluding steroid dienone is 2. The van der Waals surface area contributed by atoms with Crippen molar-refractivity contribution in [3.05, 3.63) is 33.9 Å². The minimum absolute atomic E-state index is 0.0806. The molecule has 0 radical (unpaired) electrons. The summed E-state index contributed by atoms with van der Waals surface area (Å²) >= 11 is 0. The molecule has 0 aliphatic carbocycles. The van der Waals surface area contributed by atoms with Gasteiger partial charge in [0.2, 0.25) is 0 Å². The van der Waals surface area contributed by atoms with E-state index >= 15 is 0 Å². The van der Waals surface area contributed by atoms with Crippen LogP contribution in [0.4, 0.5) is 0 Å². The van der Waals surface area contributed by atoms with Gasteiger partial charge in [0.15, 0.2) is 0 Å². The molecule has 0 atom stereocenters. The van der Waals surface area contributed by atoms with Crippen LogP contribution in [0, 0.1) is 6.92 Å². The van der Waals surface area contributed by atoms with Crippen LogP contribution in [0.5, 0.6) is 11.5 Å². The number of ether oxygens (including phenoxy) is 3. The Morgan fingerprint density at radius 2 is 1.94 bits per heavy atom. The Kier molecular flexibility index (Phi) is 9.18. The minimum Gasteiger partial charge on any atom is -0.507 e. The van der Waals surface area contributed by atoms with Crippen molar-refractivity contribution in [1.29, 1.82) is 0 Å². The van der Waals surface area contributed by atoms with Crippen molar-refractivity contribution in [2.75, 3.05) is 33.4 Å². The zero-order valence-corrected chi connectivity index (χ0v) is 20.2. The van der Waals surface area contributed by atoms with Crippen LogP contribution in [-0.4, -0.2) is 55.3 Å². The van der Waals surface area contributed by atoms with Crippen molar-refractivity contribution < 1.29 is 28.9 Å². The Hall–Kier alpha value is -2.54. The molecular weight excluding hydrogens is 422 g/mol. The molecule has 0 saturated carbocycles. The number of carbonyl (C=O) groups is 2.